The van der Waals surface area contributed by atoms with Crippen molar-refractivity contribution in [3.8, 4) is 23.0 Å². The van der Waals surface area contributed by atoms with Crippen LogP contribution in [0.4, 0.5) is 0 Å². The summed E-state index contributed by atoms with van der Waals surface area (Å²) in [5.41, 5.74) is 1.39. The first-order chi connectivity index (χ1) is 15.8. The number of allylic oxidation sites excluding steroid dienone is 1. The number of fused-ring (bicyclic) bond motifs is 3. The number of ketones is 1. The summed E-state index contributed by atoms with van der Waals surface area (Å²) in [4.78, 5) is 15.9. The number of nitrogens with zero attached hydrogens (tertiary/aromatic N) is 1. The average molecular weight is 450 g/mol. The van der Waals surface area contributed by atoms with Crippen molar-refractivity contribution >= 4 is 5.78 Å². The van der Waals surface area contributed by atoms with Gasteiger partial charge in [0.05, 0.1) is 13.0 Å². The molecule has 0 radical (unpaired) electrons. The molecule has 1 aliphatic heterocycles. The van der Waals surface area contributed by atoms with Crippen molar-refractivity contribution in [2.75, 3.05) is 27.3 Å². The van der Waals surface area contributed by atoms with E-state index in [0.717, 1.165) is 5.56 Å². The number of piperidine rings is 1. The Kier molecular flexibility index (Phi) is 4.06. The average Bonchev–Trinajstić information content (AvgIpc) is 3.00. The van der Waals surface area contributed by atoms with Gasteiger partial charge in [-0.05, 0) is 56.6 Å². The topological polar surface area (TPSA) is 110 Å². The Labute approximate surface area is 191 Å². The highest BCUT2D eigenvalue weighted by Gasteiger charge is 2.74. The molecule has 7 heteroatoms. The minimum Gasteiger partial charge on any atom is -0.508 e. The largest absolute Gasteiger partial charge is 0.508 e. The van der Waals surface area contributed by atoms with E-state index >= 15 is 0 Å². The molecule has 33 heavy (non-hydrogen) atoms. The van der Waals surface area contributed by atoms with Crippen molar-refractivity contribution in [2.45, 2.75) is 42.1 Å². The molecule has 6 rings (SSSR count). The molecule has 0 amide bonds. The molecule has 172 valence electrons. The molecule has 1 saturated heterocycles. The van der Waals surface area contributed by atoms with Crippen molar-refractivity contribution in [3.05, 3.63) is 58.2 Å². The summed E-state index contributed by atoms with van der Waals surface area (Å²) in [5.74, 6) is -0.565. The van der Waals surface area contributed by atoms with Crippen LogP contribution in [0.1, 0.15) is 40.2 Å². The van der Waals surface area contributed by atoms with E-state index in [0.29, 0.717) is 47.4 Å². The molecule has 4 N–H and O–H groups in total. The maximum absolute atomic E-state index is 13.6. The van der Waals surface area contributed by atoms with Crippen LogP contribution in [0, 0.1) is 0 Å². The number of carbonyl (C=O) groups excluding carboxylic acids is 1. The number of methoxy groups -OCH3 is 1. The molecule has 2 aromatic rings. The van der Waals surface area contributed by atoms with E-state index < -0.39 is 16.7 Å². The zero-order valence-electron chi connectivity index (χ0n) is 18.6. The predicted octanol–water partition coefficient (Wildman–Crippen LogP) is 2.02. The molecule has 1 heterocycles. The van der Waals surface area contributed by atoms with E-state index in [1.165, 1.54) is 13.2 Å². The Morgan fingerprint density at radius 1 is 1.18 bits per heavy atom. The number of rotatable bonds is 3. The number of phenols is 3. The van der Waals surface area contributed by atoms with Gasteiger partial charge < -0.3 is 30.1 Å². The summed E-state index contributed by atoms with van der Waals surface area (Å²) >= 11 is 0. The summed E-state index contributed by atoms with van der Waals surface area (Å²) in [7, 11) is 3.55. The van der Waals surface area contributed by atoms with Gasteiger partial charge in [0, 0.05) is 45.7 Å². The molecule has 0 saturated carbocycles. The number of aliphatic hydroxyl groups excluding tert-OH is 1. The fourth-order valence-electron chi connectivity index (χ4n) is 7.63. The van der Waals surface area contributed by atoms with Crippen molar-refractivity contribution in [1.29, 1.82) is 0 Å². The number of carbonyl (C=O) groups is 1. The number of benzene rings is 2. The van der Waals surface area contributed by atoms with Crippen LogP contribution in [0.15, 0.2) is 30.4 Å². The summed E-state index contributed by atoms with van der Waals surface area (Å²) in [6.45, 7) is 0.518. The lowest BCUT2D eigenvalue weighted by Crippen LogP contribution is -2.68. The maximum Gasteiger partial charge on any atom is 0.163 e. The van der Waals surface area contributed by atoms with E-state index in [4.69, 9.17) is 4.74 Å². The molecule has 0 spiro atoms. The Morgan fingerprint density at radius 2 is 1.97 bits per heavy atom. The van der Waals surface area contributed by atoms with Crippen LogP contribution in [0.25, 0.3) is 0 Å². The smallest absolute Gasteiger partial charge is 0.163 e. The SMILES string of the molecule is COc1ccc2c(c1O)[C@]13CCN(C)[C@H](C2)[C@]12C=CC(=O)[C@H]3c1c(O)c(CCO)cc(O)c12. The first-order valence-electron chi connectivity index (χ1n) is 11.3. The third-order valence-corrected chi connectivity index (χ3v) is 8.73. The number of aliphatic hydroxyl groups is 1. The van der Waals surface area contributed by atoms with Crippen LogP contribution in [0.3, 0.4) is 0 Å². The molecule has 7 nitrogen and oxygen atoms in total. The number of hydrogen-bond acceptors (Lipinski definition) is 7. The highest BCUT2D eigenvalue weighted by Crippen LogP contribution is 2.74. The number of hydrogen-bond donors (Lipinski definition) is 4. The number of likely N-dealkylation sites (tertiary alicyclic amines) is 1. The summed E-state index contributed by atoms with van der Waals surface area (Å²) < 4.78 is 5.45. The van der Waals surface area contributed by atoms with E-state index in [1.807, 2.05) is 19.2 Å². The van der Waals surface area contributed by atoms with Crippen molar-refractivity contribution in [2.24, 2.45) is 0 Å². The molecule has 4 atom stereocenters. The summed E-state index contributed by atoms with van der Waals surface area (Å²) in [5, 5.41) is 43.6. The van der Waals surface area contributed by atoms with Gasteiger partial charge in [-0.2, -0.15) is 0 Å². The fourth-order valence-corrected chi connectivity index (χ4v) is 7.63. The predicted molar refractivity (Wildman–Crippen MR) is 120 cm³/mol. The van der Waals surface area contributed by atoms with Gasteiger partial charge in [-0.1, -0.05) is 12.1 Å². The Bertz CT molecular complexity index is 1250. The van der Waals surface area contributed by atoms with Crippen LogP contribution in [-0.2, 0) is 28.5 Å². The Balaban J connectivity index is 1.79. The van der Waals surface area contributed by atoms with Gasteiger partial charge in [-0.3, -0.25) is 4.79 Å². The maximum atomic E-state index is 13.6. The lowest BCUT2D eigenvalue weighted by molar-refractivity contribution is -0.120. The Hall–Kier alpha value is -3.03. The molecule has 4 bridgehead atoms. The lowest BCUT2D eigenvalue weighted by Gasteiger charge is -2.62. The molecular weight excluding hydrogens is 422 g/mol. The van der Waals surface area contributed by atoms with Gasteiger partial charge in [0.15, 0.2) is 17.3 Å². The highest BCUT2D eigenvalue weighted by atomic mass is 16.5. The number of likely N-dealkylation sites (N-methyl/N-ethyl adjacent to an activating group) is 1. The first-order valence-corrected chi connectivity index (χ1v) is 11.3. The first kappa shape index (κ1) is 20.6. The summed E-state index contributed by atoms with van der Waals surface area (Å²) in [6.07, 6.45) is 4.85. The number of phenolic OH excluding ortho intramolecular Hbond substituents is 3. The van der Waals surface area contributed by atoms with Gasteiger partial charge in [0.1, 0.15) is 11.5 Å². The molecular formula is C26H27NO6. The van der Waals surface area contributed by atoms with Gasteiger partial charge in [-0.15, -0.1) is 0 Å². The van der Waals surface area contributed by atoms with Crippen molar-refractivity contribution in [1.82, 2.24) is 4.90 Å². The van der Waals surface area contributed by atoms with Crippen molar-refractivity contribution < 1.29 is 30.0 Å². The zero-order valence-corrected chi connectivity index (χ0v) is 18.6. The quantitative estimate of drug-likeness (QED) is 0.531. The number of ether oxygens (including phenoxy) is 1. The molecule has 2 aromatic carbocycles. The fraction of sp³-hybridized carbons (Fsp3) is 0.423. The van der Waals surface area contributed by atoms with E-state index in [1.54, 1.807) is 12.1 Å². The summed E-state index contributed by atoms with van der Waals surface area (Å²) in [6, 6.07) is 5.15. The Morgan fingerprint density at radius 3 is 2.70 bits per heavy atom. The van der Waals surface area contributed by atoms with Crippen LogP contribution >= 0.6 is 0 Å². The van der Waals surface area contributed by atoms with Crippen LogP contribution in [-0.4, -0.2) is 64.5 Å². The van der Waals surface area contributed by atoms with Gasteiger partial charge in [0.25, 0.3) is 0 Å². The second-order valence-corrected chi connectivity index (χ2v) is 9.78. The highest BCUT2D eigenvalue weighted by molar-refractivity contribution is 6.03. The monoisotopic (exact) mass is 449 g/mol. The zero-order chi connectivity index (χ0) is 23.3. The van der Waals surface area contributed by atoms with Gasteiger partial charge >= 0.3 is 0 Å². The molecule has 3 aliphatic carbocycles. The third-order valence-electron chi connectivity index (χ3n) is 8.73. The van der Waals surface area contributed by atoms with Crippen LogP contribution in [0.5, 0.6) is 23.0 Å². The second-order valence-electron chi connectivity index (χ2n) is 9.78. The van der Waals surface area contributed by atoms with Crippen LogP contribution in [0.2, 0.25) is 0 Å². The minimum absolute atomic E-state index is 0.0172. The molecule has 4 aliphatic rings. The third kappa shape index (κ3) is 2.11. The van der Waals surface area contributed by atoms with E-state index in [9.17, 15) is 25.2 Å². The normalized spacial score (nSPS) is 31.2. The van der Waals surface area contributed by atoms with E-state index in [2.05, 4.69) is 4.90 Å². The van der Waals surface area contributed by atoms with Gasteiger partial charge in [-0.25, -0.2) is 0 Å². The van der Waals surface area contributed by atoms with E-state index in [-0.39, 0.29) is 42.1 Å². The molecule has 1 fully saturated rings. The van der Waals surface area contributed by atoms with Gasteiger partial charge in [0.2, 0.25) is 0 Å². The second kappa shape index (κ2) is 6.52. The standard InChI is InChI=1S/C26H27NO6/c1-27-9-8-26-20-13(3-4-17(33-2)24(20)32)12-18(27)25(26)7-5-15(29)21(26)19-22(25)16(30)11-14(6-10-28)23(19)31/h3-5,7,11,18,21,28,30-32H,6,8-10,12H2,1-2H3/t18-,21+,25+,26+/m1/s1. The lowest BCUT2D eigenvalue weighted by atomic mass is 9.44. The van der Waals surface area contributed by atoms with Crippen molar-refractivity contribution in [3.63, 3.8) is 0 Å². The number of aromatic hydroxyl groups is 3. The molecule has 0 aromatic heterocycles. The minimum atomic E-state index is -0.864. The molecule has 0 unspecified atom stereocenters. The van der Waals surface area contributed by atoms with Crippen LogP contribution < -0.4 is 4.74 Å².